The van der Waals surface area contributed by atoms with Crippen molar-refractivity contribution in [3.63, 3.8) is 0 Å². The fourth-order valence-corrected chi connectivity index (χ4v) is 3.08. The van der Waals surface area contributed by atoms with Gasteiger partial charge in [-0.3, -0.25) is 14.5 Å². The third kappa shape index (κ3) is 6.30. The van der Waals surface area contributed by atoms with E-state index in [1.54, 1.807) is 12.1 Å². The molecule has 0 aromatic heterocycles. The van der Waals surface area contributed by atoms with E-state index < -0.39 is 11.7 Å². The number of benzene rings is 2. The summed E-state index contributed by atoms with van der Waals surface area (Å²) in [4.78, 5) is 26.9. The zero-order valence-corrected chi connectivity index (χ0v) is 18.0. The molecule has 0 aliphatic carbocycles. The smallest absolute Gasteiger partial charge is 0.258 e. The van der Waals surface area contributed by atoms with Gasteiger partial charge in [0.25, 0.3) is 5.91 Å². The van der Waals surface area contributed by atoms with Crippen LogP contribution in [0, 0.1) is 5.82 Å². The lowest BCUT2D eigenvalue weighted by Crippen LogP contribution is -3.00. The topological polar surface area (TPSA) is 89.1 Å². The summed E-state index contributed by atoms with van der Waals surface area (Å²) in [6, 6.07) is 8.73. The SMILES string of the molecule is COc1cc(NC(=O)c2ccccc2F)c(OC)cc1NC(=O)CN1CCOCC1.[Cl-]. The number of anilines is 2. The highest BCUT2D eigenvalue weighted by molar-refractivity contribution is 6.06. The number of hydrogen-bond acceptors (Lipinski definition) is 6. The molecule has 0 bridgehead atoms. The molecule has 1 heterocycles. The van der Waals surface area contributed by atoms with Crippen LogP contribution in [0.5, 0.6) is 11.5 Å². The Bertz CT molecular complexity index is 922. The maximum absolute atomic E-state index is 13.9. The van der Waals surface area contributed by atoms with Crippen molar-refractivity contribution in [2.45, 2.75) is 0 Å². The van der Waals surface area contributed by atoms with Gasteiger partial charge in [-0.1, -0.05) is 12.1 Å². The zero-order chi connectivity index (χ0) is 21.5. The molecule has 0 spiro atoms. The van der Waals surface area contributed by atoms with Crippen LogP contribution in [0.1, 0.15) is 10.4 Å². The fraction of sp³-hybridized carbons (Fsp3) is 0.333. The number of carbonyl (C=O) groups excluding carboxylic acids is 2. The molecule has 0 unspecified atom stereocenters. The monoisotopic (exact) mass is 452 g/mol. The van der Waals surface area contributed by atoms with Crippen molar-refractivity contribution in [2.24, 2.45) is 0 Å². The second kappa shape index (κ2) is 11.5. The number of morpholine rings is 1. The van der Waals surface area contributed by atoms with E-state index >= 15 is 0 Å². The molecule has 2 aromatic rings. The molecular weight excluding hydrogens is 429 g/mol. The van der Waals surface area contributed by atoms with Crippen LogP contribution in [0.4, 0.5) is 15.8 Å². The van der Waals surface area contributed by atoms with Gasteiger partial charge in [0.05, 0.1) is 50.9 Å². The number of ether oxygens (including phenoxy) is 3. The van der Waals surface area contributed by atoms with Crippen LogP contribution < -0.4 is 32.5 Å². The molecule has 2 aromatic carbocycles. The summed E-state index contributed by atoms with van der Waals surface area (Å²) < 4.78 is 29.9. The van der Waals surface area contributed by atoms with Gasteiger partial charge < -0.3 is 37.3 Å². The minimum atomic E-state index is -0.632. The highest BCUT2D eigenvalue weighted by atomic mass is 35.5. The molecule has 168 valence electrons. The summed E-state index contributed by atoms with van der Waals surface area (Å²) in [5.74, 6) is -0.844. The van der Waals surface area contributed by atoms with E-state index in [1.807, 2.05) is 4.90 Å². The van der Waals surface area contributed by atoms with Crippen LogP contribution in [0.2, 0.25) is 0 Å². The van der Waals surface area contributed by atoms with Crippen molar-refractivity contribution in [3.8, 4) is 11.5 Å². The molecule has 1 fully saturated rings. The average Bonchev–Trinajstić information content (AvgIpc) is 2.75. The van der Waals surface area contributed by atoms with Crippen LogP contribution in [0.3, 0.4) is 0 Å². The van der Waals surface area contributed by atoms with E-state index in [2.05, 4.69) is 10.6 Å². The predicted octanol–water partition coefficient (Wildman–Crippen LogP) is -0.630. The van der Waals surface area contributed by atoms with E-state index in [1.165, 1.54) is 38.5 Å². The molecular formula is C21H24ClFN3O5-. The van der Waals surface area contributed by atoms with Crippen LogP contribution in [-0.2, 0) is 9.53 Å². The summed E-state index contributed by atoms with van der Waals surface area (Å²) in [5, 5.41) is 5.43. The van der Waals surface area contributed by atoms with E-state index in [4.69, 9.17) is 14.2 Å². The largest absolute Gasteiger partial charge is 1.00 e. The lowest BCUT2D eigenvalue weighted by Gasteiger charge is -2.26. The Morgan fingerprint density at radius 2 is 1.61 bits per heavy atom. The van der Waals surface area contributed by atoms with Crippen molar-refractivity contribution >= 4 is 23.2 Å². The van der Waals surface area contributed by atoms with Crippen LogP contribution in [0.25, 0.3) is 0 Å². The van der Waals surface area contributed by atoms with E-state index in [-0.39, 0.29) is 36.1 Å². The standard InChI is InChI=1S/C21H24FN3O5.ClH/c1-28-18-12-17(24-21(27)14-5-3-4-6-15(14)22)19(29-2)11-16(18)23-20(26)13-25-7-9-30-10-8-25;/h3-6,11-12H,7-10,13H2,1-2H3,(H,23,26)(H,24,27);1H/p-1. The Hall–Kier alpha value is -2.88. The molecule has 0 saturated carbocycles. The molecule has 31 heavy (non-hydrogen) atoms. The van der Waals surface area contributed by atoms with Gasteiger partial charge in [-0.05, 0) is 12.1 Å². The highest BCUT2D eigenvalue weighted by Crippen LogP contribution is 2.36. The van der Waals surface area contributed by atoms with Crippen molar-refractivity contribution in [2.75, 3.05) is 57.7 Å². The normalized spacial score (nSPS) is 13.6. The maximum atomic E-state index is 13.9. The zero-order valence-electron chi connectivity index (χ0n) is 17.2. The molecule has 8 nitrogen and oxygen atoms in total. The Labute approximate surface area is 186 Å². The molecule has 2 amide bonds. The lowest BCUT2D eigenvalue weighted by atomic mass is 10.1. The van der Waals surface area contributed by atoms with Gasteiger partial charge in [-0.2, -0.15) is 0 Å². The third-order valence-corrected chi connectivity index (χ3v) is 4.63. The molecule has 0 radical (unpaired) electrons. The number of methoxy groups -OCH3 is 2. The molecule has 1 aliphatic rings. The number of halogens is 2. The summed E-state index contributed by atoms with van der Waals surface area (Å²) in [6.07, 6.45) is 0. The Morgan fingerprint density at radius 3 is 2.19 bits per heavy atom. The lowest BCUT2D eigenvalue weighted by molar-refractivity contribution is -0.118. The van der Waals surface area contributed by atoms with Crippen molar-refractivity contribution in [3.05, 3.63) is 47.8 Å². The first-order valence-electron chi connectivity index (χ1n) is 9.43. The number of nitrogens with zero attached hydrogens (tertiary/aromatic N) is 1. The Balaban J connectivity index is 0.00000341. The van der Waals surface area contributed by atoms with Gasteiger partial charge in [-0.25, -0.2) is 4.39 Å². The van der Waals surface area contributed by atoms with Gasteiger partial charge in [0.2, 0.25) is 5.91 Å². The quantitative estimate of drug-likeness (QED) is 0.581. The van der Waals surface area contributed by atoms with Gasteiger partial charge in [0.1, 0.15) is 17.3 Å². The van der Waals surface area contributed by atoms with Crippen LogP contribution >= 0.6 is 0 Å². The van der Waals surface area contributed by atoms with Gasteiger partial charge in [0, 0.05) is 25.2 Å². The van der Waals surface area contributed by atoms with Crippen molar-refractivity contribution in [1.29, 1.82) is 0 Å². The van der Waals surface area contributed by atoms with E-state index in [9.17, 15) is 14.0 Å². The summed E-state index contributed by atoms with van der Waals surface area (Å²) >= 11 is 0. The Morgan fingerprint density at radius 1 is 1.03 bits per heavy atom. The number of carbonyl (C=O) groups is 2. The van der Waals surface area contributed by atoms with Gasteiger partial charge in [-0.15, -0.1) is 0 Å². The number of nitrogens with one attached hydrogen (secondary N) is 2. The minimum absolute atomic E-state index is 0. The molecule has 10 heteroatoms. The minimum Gasteiger partial charge on any atom is -1.00 e. The maximum Gasteiger partial charge on any atom is 0.258 e. The molecule has 2 N–H and O–H groups in total. The molecule has 1 saturated heterocycles. The molecule has 3 rings (SSSR count). The van der Waals surface area contributed by atoms with Crippen molar-refractivity contribution in [1.82, 2.24) is 4.90 Å². The predicted molar refractivity (Wildman–Crippen MR) is 110 cm³/mol. The van der Waals surface area contributed by atoms with Crippen molar-refractivity contribution < 1.29 is 40.6 Å². The first-order chi connectivity index (χ1) is 14.5. The van der Waals surface area contributed by atoms with Crippen LogP contribution in [0.15, 0.2) is 36.4 Å². The second-order valence-electron chi connectivity index (χ2n) is 6.62. The summed E-state index contributed by atoms with van der Waals surface area (Å²) in [6.45, 7) is 2.80. The second-order valence-corrected chi connectivity index (χ2v) is 6.62. The number of amides is 2. The highest BCUT2D eigenvalue weighted by Gasteiger charge is 2.19. The molecule has 1 aliphatic heterocycles. The molecule has 0 atom stereocenters. The third-order valence-electron chi connectivity index (χ3n) is 4.63. The van der Waals surface area contributed by atoms with E-state index in [0.29, 0.717) is 43.5 Å². The first kappa shape index (κ1) is 24.4. The van der Waals surface area contributed by atoms with Crippen LogP contribution in [-0.4, -0.2) is 63.8 Å². The van der Waals surface area contributed by atoms with Gasteiger partial charge in [0.15, 0.2) is 0 Å². The van der Waals surface area contributed by atoms with Gasteiger partial charge >= 0.3 is 0 Å². The summed E-state index contributed by atoms with van der Waals surface area (Å²) in [7, 11) is 2.88. The first-order valence-corrected chi connectivity index (χ1v) is 9.43. The number of hydrogen-bond donors (Lipinski definition) is 2. The average molecular weight is 453 g/mol. The fourth-order valence-electron chi connectivity index (χ4n) is 3.08. The number of rotatable bonds is 7. The Kier molecular flexibility index (Phi) is 9.04. The van der Waals surface area contributed by atoms with E-state index in [0.717, 1.165) is 0 Å². The summed E-state index contributed by atoms with van der Waals surface area (Å²) in [5.41, 5.74) is 0.590.